The quantitative estimate of drug-likeness (QED) is 0.178. The first kappa shape index (κ1) is 27.2. The van der Waals surface area contributed by atoms with E-state index in [-0.39, 0.29) is 5.91 Å². The molecule has 218 valence electrons. The number of hydrogen-bond acceptors (Lipinski definition) is 7. The molecule has 0 fully saturated rings. The summed E-state index contributed by atoms with van der Waals surface area (Å²) in [6.45, 7) is 1.70. The highest BCUT2D eigenvalue weighted by atomic mass is 16.5. The van der Waals surface area contributed by atoms with Crippen LogP contribution in [0.1, 0.15) is 32.6 Å². The number of oxazole rings is 1. The number of hydrogen-bond donors (Lipinski definition) is 0. The maximum Gasteiger partial charge on any atom is 0.254 e. The van der Waals surface area contributed by atoms with Gasteiger partial charge in [-0.05, 0) is 47.0 Å². The maximum atomic E-state index is 13.5. The highest BCUT2D eigenvalue weighted by Gasteiger charge is 2.27. The number of rotatable bonds is 9. The van der Waals surface area contributed by atoms with Gasteiger partial charge in [0.1, 0.15) is 24.5 Å². The van der Waals surface area contributed by atoms with Crippen LogP contribution in [0, 0.1) is 0 Å². The number of carbonyl (C=O) groups is 1. The van der Waals surface area contributed by atoms with Gasteiger partial charge in [0, 0.05) is 23.7 Å². The van der Waals surface area contributed by atoms with Gasteiger partial charge in [-0.15, -0.1) is 0 Å². The molecule has 0 N–H and O–H groups in total. The number of pyridine rings is 1. The van der Waals surface area contributed by atoms with Crippen molar-refractivity contribution in [3.05, 3.63) is 137 Å². The summed E-state index contributed by atoms with van der Waals surface area (Å²) in [5.74, 6) is 1.81. The van der Waals surface area contributed by atoms with Crippen molar-refractivity contribution < 1.29 is 23.4 Å². The third-order valence-corrected chi connectivity index (χ3v) is 7.60. The van der Waals surface area contributed by atoms with E-state index in [1.807, 2.05) is 84.9 Å². The molecule has 0 unspecified atom stereocenters. The summed E-state index contributed by atoms with van der Waals surface area (Å²) in [6, 6.07) is 34.6. The van der Waals surface area contributed by atoms with E-state index < -0.39 is 0 Å². The fourth-order valence-corrected chi connectivity index (χ4v) is 5.32. The van der Waals surface area contributed by atoms with E-state index >= 15 is 0 Å². The predicted molar refractivity (Wildman–Crippen MR) is 165 cm³/mol. The van der Waals surface area contributed by atoms with E-state index in [9.17, 15) is 4.79 Å². The Bertz CT molecular complexity index is 1940. The molecule has 0 spiro atoms. The Balaban J connectivity index is 1.15. The first-order valence-corrected chi connectivity index (χ1v) is 14.3. The number of aromatic nitrogens is 2. The van der Waals surface area contributed by atoms with E-state index in [1.165, 1.54) is 0 Å². The lowest BCUT2D eigenvalue weighted by Crippen LogP contribution is -2.25. The van der Waals surface area contributed by atoms with Gasteiger partial charge in [-0.25, -0.2) is 4.98 Å². The minimum absolute atomic E-state index is 0.0865. The monoisotopic (exact) mass is 583 g/mol. The van der Waals surface area contributed by atoms with Crippen molar-refractivity contribution in [3.63, 3.8) is 0 Å². The molecular weight excluding hydrogens is 554 g/mol. The Morgan fingerprint density at radius 1 is 0.795 bits per heavy atom. The van der Waals surface area contributed by atoms with E-state index in [4.69, 9.17) is 23.6 Å². The van der Waals surface area contributed by atoms with Gasteiger partial charge >= 0.3 is 0 Å². The highest BCUT2D eigenvalue weighted by molar-refractivity contribution is 5.97. The van der Waals surface area contributed by atoms with Crippen LogP contribution in [0.4, 0.5) is 0 Å². The summed E-state index contributed by atoms with van der Waals surface area (Å²) in [5.41, 5.74) is 6.39. The molecule has 1 amide bonds. The zero-order valence-corrected chi connectivity index (χ0v) is 24.1. The number of nitrogens with zero attached hydrogens (tertiary/aromatic N) is 3. The topological polar surface area (TPSA) is 86.9 Å². The fraction of sp³-hybridized carbons (Fsp3) is 0.139. The third kappa shape index (κ3) is 5.57. The second kappa shape index (κ2) is 11.9. The van der Waals surface area contributed by atoms with Crippen molar-refractivity contribution in [2.75, 3.05) is 7.11 Å². The summed E-state index contributed by atoms with van der Waals surface area (Å²) in [4.78, 5) is 24.7. The summed E-state index contributed by atoms with van der Waals surface area (Å²) in [7, 11) is 1.65. The van der Waals surface area contributed by atoms with Crippen LogP contribution in [-0.2, 0) is 26.3 Å². The number of carbonyl (C=O) groups excluding carboxylic acids is 1. The van der Waals surface area contributed by atoms with Crippen LogP contribution >= 0.6 is 0 Å². The molecular formula is C36H29N3O5. The molecule has 6 aromatic rings. The Morgan fingerprint density at radius 2 is 1.55 bits per heavy atom. The van der Waals surface area contributed by atoms with Crippen LogP contribution in [0.5, 0.6) is 17.5 Å². The number of ether oxygens (including phenoxy) is 3. The van der Waals surface area contributed by atoms with Crippen LogP contribution < -0.4 is 14.2 Å². The predicted octanol–water partition coefficient (Wildman–Crippen LogP) is 7.21. The first-order chi connectivity index (χ1) is 21.6. The standard InChI is InChI=1S/C36H29N3O5/c1-41-31-14-8-13-27-20-39(21-29(27)31)36(40)26-15-17-30-32(19-26)44-35(37-30)28-16-18-33(42-22-24-9-4-2-5-10-24)38-34(28)43-23-25-11-6-3-7-12-25/h2-19H,20-23H2,1H3. The van der Waals surface area contributed by atoms with Gasteiger partial charge < -0.3 is 23.5 Å². The fourth-order valence-electron chi connectivity index (χ4n) is 5.32. The number of methoxy groups -OCH3 is 1. The van der Waals surface area contributed by atoms with Crippen molar-refractivity contribution in [3.8, 4) is 29.0 Å². The van der Waals surface area contributed by atoms with Crippen LogP contribution in [0.3, 0.4) is 0 Å². The molecule has 0 saturated carbocycles. The zero-order valence-electron chi connectivity index (χ0n) is 24.1. The van der Waals surface area contributed by atoms with Crippen molar-refractivity contribution in [2.45, 2.75) is 26.3 Å². The Hall–Kier alpha value is -5.63. The molecule has 0 bridgehead atoms. The lowest BCUT2D eigenvalue weighted by molar-refractivity contribution is 0.0751. The average molecular weight is 584 g/mol. The smallest absolute Gasteiger partial charge is 0.254 e. The minimum atomic E-state index is -0.0865. The summed E-state index contributed by atoms with van der Waals surface area (Å²) >= 11 is 0. The van der Waals surface area contributed by atoms with Gasteiger partial charge in [-0.1, -0.05) is 72.8 Å². The van der Waals surface area contributed by atoms with Gasteiger partial charge in [0.15, 0.2) is 5.58 Å². The molecule has 7 rings (SSSR count). The van der Waals surface area contributed by atoms with Gasteiger partial charge in [0.05, 0.1) is 19.2 Å². The van der Waals surface area contributed by atoms with E-state index in [1.54, 1.807) is 36.3 Å². The van der Waals surface area contributed by atoms with Gasteiger partial charge in [-0.2, -0.15) is 4.98 Å². The van der Waals surface area contributed by atoms with E-state index in [0.717, 1.165) is 28.0 Å². The van der Waals surface area contributed by atoms with Crippen molar-refractivity contribution >= 4 is 17.0 Å². The van der Waals surface area contributed by atoms with Crippen molar-refractivity contribution in [1.82, 2.24) is 14.9 Å². The molecule has 0 saturated heterocycles. The molecule has 1 aliphatic rings. The normalized spacial score (nSPS) is 12.2. The van der Waals surface area contributed by atoms with Crippen LogP contribution in [-0.4, -0.2) is 27.9 Å². The van der Waals surface area contributed by atoms with Crippen molar-refractivity contribution in [2.24, 2.45) is 0 Å². The van der Waals surface area contributed by atoms with Crippen molar-refractivity contribution in [1.29, 1.82) is 0 Å². The summed E-state index contributed by atoms with van der Waals surface area (Å²) < 4.78 is 23.9. The maximum absolute atomic E-state index is 13.5. The Kier molecular flexibility index (Phi) is 7.38. The molecule has 8 heteroatoms. The molecule has 1 aliphatic heterocycles. The highest BCUT2D eigenvalue weighted by Crippen LogP contribution is 2.35. The van der Waals surface area contributed by atoms with E-state index in [2.05, 4.69) is 4.98 Å². The molecule has 44 heavy (non-hydrogen) atoms. The minimum Gasteiger partial charge on any atom is -0.496 e. The first-order valence-electron chi connectivity index (χ1n) is 14.3. The Labute approximate surface area is 254 Å². The zero-order chi connectivity index (χ0) is 29.9. The van der Waals surface area contributed by atoms with Crippen LogP contribution in [0.25, 0.3) is 22.6 Å². The second-order valence-corrected chi connectivity index (χ2v) is 10.5. The third-order valence-electron chi connectivity index (χ3n) is 7.60. The number of benzene rings is 4. The van der Waals surface area contributed by atoms with Crippen LogP contribution in [0.15, 0.2) is 114 Å². The molecule has 4 aromatic carbocycles. The van der Waals surface area contributed by atoms with E-state index in [0.29, 0.717) is 66.2 Å². The average Bonchev–Trinajstić information content (AvgIpc) is 3.71. The Morgan fingerprint density at radius 3 is 2.30 bits per heavy atom. The molecule has 8 nitrogen and oxygen atoms in total. The lowest BCUT2D eigenvalue weighted by Gasteiger charge is -2.15. The molecule has 3 heterocycles. The number of amides is 1. The molecule has 0 radical (unpaired) electrons. The van der Waals surface area contributed by atoms with Gasteiger partial charge in [0.2, 0.25) is 17.7 Å². The van der Waals surface area contributed by atoms with Crippen LogP contribution in [0.2, 0.25) is 0 Å². The largest absolute Gasteiger partial charge is 0.496 e. The summed E-state index contributed by atoms with van der Waals surface area (Å²) in [6.07, 6.45) is 0. The molecule has 0 atom stereocenters. The number of fused-ring (bicyclic) bond motifs is 2. The molecule has 0 aliphatic carbocycles. The van der Waals surface area contributed by atoms with Gasteiger partial charge in [-0.3, -0.25) is 4.79 Å². The van der Waals surface area contributed by atoms with Gasteiger partial charge in [0.25, 0.3) is 5.91 Å². The lowest BCUT2D eigenvalue weighted by atomic mass is 10.1. The molecule has 2 aromatic heterocycles. The SMILES string of the molecule is COc1cccc2c1CN(C(=O)c1ccc3nc(-c4ccc(OCc5ccccc5)nc4OCc4ccccc4)oc3c1)C2. The second-order valence-electron chi connectivity index (χ2n) is 10.5. The summed E-state index contributed by atoms with van der Waals surface area (Å²) in [5, 5.41) is 0.